The molecule has 2 atom stereocenters. The lowest BCUT2D eigenvalue weighted by molar-refractivity contribution is 0.0259. The van der Waals surface area contributed by atoms with Crippen molar-refractivity contribution in [2.24, 2.45) is 5.73 Å². The van der Waals surface area contributed by atoms with Gasteiger partial charge in [0.05, 0.1) is 6.10 Å². The van der Waals surface area contributed by atoms with Crippen LogP contribution in [0.4, 0.5) is 0 Å². The molecule has 0 aromatic rings. The average Bonchev–Trinajstić information content (AvgIpc) is 2.86. The van der Waals surface area contributed by atoms with Crippen molar-refractivity contribution in [3.05, 3.63) is 0 Å². The minimum Gasteiger partial charge on any atom is -0.377 e. The van der Waals surface area contributed by atoms with Crippen molar-refractivity contribution in [1.82, 2.24) is 4.90 Å². The zero-order valence-electron chi connectivity index (χ0n) is 11.7. The van der Waals surface area contributed by atoms with E-state index < -0.39 is 0 Å². The molecule has 0 aliphatic carbocycles. The first kappa shape index (κ1) is 14.9. The fourth-order valence-corrected chi connectivity index (χ4v) is 2.61. The highest BCUT2D eigenvalue weighted by molar-refractivity contribution is 4.83. The molecule has 102 valence electrons. The molecule has 0 bridgehead atoms. The largest absolute Gasteiger partial charge is 0.377 e. The maximum absolute atomic E-state index is 5.98. The topological polar surface area (TPSA) is 38.5 Å². The first-order chi connectivity index (χ1) is 8.33. The number of hydrogen-bond donors (Lipinski definition) is 1. The van der Waals surface area contributed by atoms with E-state index in [1.54, 1.807) is 0 Å². The SMILES string of the molecule is CCCCN(CCCC)C(CN)C1CCCO1. The van der Waals surface area contributed by atoms with Crippen molar-refractivity contribution in [3.8, 4) is 0 Å². The van der Waals surface area contributed by atoms with Gasteiger partial charge in [0, 0.05) is 19.2 Å². The molecule has 1 saturated heterocycles. The fourth-order valence-electron chi connectivity index (χ4n) is 2.61. The quantitative estimate of drug-likeness (QED) is 0.675. The summed E-state index contributed by atoms with van der Waals surface area (Å²) < 4.78 is 5.83. The Morgan fingerprint density at radius 3 is 2.29 bits per heavy atom. The van der Waals surface area contributed by atoms with Crippen LogP contribution in [0, 0.1) is 0 Å². The van der Waals surface area contributed by atoms with Crippen molar-refractivity contribution >= 4 is 0 Å². The summed E-state index contributed by atoms with van der Waals surface area (Å²) >= 11 is 0. The minimum atomic E-state index is 0.383. The summed E-state index contributed by atoms with van der Waals surface area (Å²) in [7, 11) is 0. The number of rotatable bonds is 9. The van der Waals surface area contributed by atoms with Gasteiger partial charge in [-0.05, 0) is 38.8 Å². The number of nitrogens with two attached hydrogens (primary N) is 1. The summed E-state index contributed by atoms with van der Waals surface area (Å²) in [6.45, 7) is 8.52. The lowest BCUT2D eigenvalue weighted by Crippen LogP contribution is -2.49. The maximum atomic E-state index is 5.98. The van der Waals surface area contributed by atoms with E-state index in [1.165, 1.54) is 51.6 Å². The second kappa shape index (κ2) is 8.90. The van der Waals surface area contributed by atoms with Crippen molar-refractivity contribution in [2.45, 2.75) is 64.5 Å². The molecule has 1 heterocycles. The molecule has 1 aliphatic rings. The minimum absolute atomic E-state index is 0.383. The van der Waals surface area contributed by atoms with E-state index in [4.69, 9.17) is 10.5 Å². The predicted octanol–water partition coefficient (Wildman–Crippen LogP) is 2.39. The van der Waals surface area contributed by atoms with Crippen LogP contribution in [0.25, 0.3) is 0 Å². The Labute approximate surface area is 107 Å². The van der Waals surface area contributed by atoms with E-state index in [1.807, 2.05) is 0 Å². The number of unbranched alkanes of at least 4 members (excludes halogenated alkanes) is 2. The van der Waals surface area contributed by atoms with E-state index >= 15 is 0 Å². The maximum Gasteiger partial charge on any atom is 0.0743 e. The van der Waals surface area contributed by atoms with Crippen molar-refractivity contribution < 1.29 is 4.74 Å². The van der Waals surface area contributed by atoms with E-state index in [2.05, 4.69) is 18.7 Å². The van der Waals surface area contributed by atoms with Gasteiger partial charge in [0.2, 0.25) is 0 Å². The molecule has 3 heteroatoms. The molecule has 0 saturated carbocycles. The zero-order chi connectivity index (χ0) is 12.5. The molecule has 0 spiro atoms. The van der Waals surface area contributed by atoms with Crippen LogP contribution in [0.5, 0.6) is 0 Å². The lowest BCUT2D eigenvalue weighted by atomic mass is 10.1. The predicted molar refractivity (Wildman–Crippen MR) is 73.2 cm³/mol. The molecule has 0 aromatic heterocycles. The Kier molecular flexibility index (Phi) is 7.82. The van der Waals surface area contributed by atoms with Gasteiger partial charge in [-0.15, -0.1) is 0 Å². The molecule has 0 amide bonds. The van der Waals surface area contributed by atoms with Crippen LogP contribution in [0.1, 0.15) is 52.4 Å². The van der Waals surface area contributed by atoms with Gasteiger partial charge in [0.15, 0.2) is 0 Å². The van der Waals surface area contributed by atoms with Crippen LogP contribution in [-0.4, -0.2) is 43.3 Å². The van der Waals surface area contributed by atoms with Gasteiger partial charge in [0.25, 0.3) is 0 Å². The molecule has 1 aliphatic heterocycles. The van der Waals surface area contributed by atoms with Crippen LogP contribution in [0.2, 0.25) is 0 Å². The number of hydrogen-bond acceptors (Lipinski definition) is 3. The fraction of sp³-hybridized carbons (Fsp3) is 1.00. The van der Waals surface area contributed by atoms with Gasteiger partial charge in [-0.3, -0.25) is 4.90 Å². The van der Waals surface area contributed by atoms with Gasteiger partial charge in [-0.1, -0.05) is 26.7 Å². The summed E-state index contributed by atoms with van der Waals surface area (Å²) in [6.07, 6.45) is 7.83. The van der Waals surface area contributed by atoms with E-state index in [0.29, 0.717) is 12.1 Å². The van der Waals surface area contributed by atoms with E-state index in [0.717, 1.165) is 13.2 Å². The summed E-state index contributed by atoms with van der Waals surface area (Å²) in [5.41, 5.74) is 5.98. The highest BCUT2D eigenvalue weighted by Gasteiger charge is 2.29. The van der Waals surface area contributed by atoms with Crippen LogP contribution < -0.4 is 5.73 Å². The van der Waals surface area contributed by atoms with Crippen LogP contribution in [0.15, 0.2) is 0 Å². The summed E-state index contributed by atoms with van der Waals surface area (Å²) in [5, 5.41) is 0. The Balaban J connectivity index is 2.49. The molecule has 1 fully saturated rings. The highest BCUT2D eigenvalue weighted by atomic mass is 16.5. The molecule has 1 rings (SSSR count). The molecule has 0 radical (unpaired) electrons. The Hall–Kier alpha value is -0.120. The molecular formula is C14H30N2O. The number of ether oxygens (including phenoxy) is 1. The second-order valence-electron chi connectivity index (χ2n) is 5.10. The summed E-state index contributed by atoms with van der Waals surface area (Å²) in [6, 6.07) is 0.440. The van der Waals surface area contributed by atoms with E-state index in [9.17, 15) is 0 Å². The lowest BCUT2D eigenvalue weighted by Gasteiger charge is -2.34. The van der Waals surface area contributed by atoms with Crippen molar-refractivity contribution in [2.75, 3.05) is 26.2 Å². The molecule has 2 N–H and O–H groups in total. The zero-order valence-corrected chi connectivity index (χ0v) is 11.7. The van der Waals surface area contributed by atoms with Crippen LogP contribution in [0.3, 0.4) is 0 Å². The Morgan fingerprint density at radius 1 is 1.24 bits per heavy atom. The normalized spacial score (nSPS) is 22.2. The standard InChI is InChI=1S/C14H30N2O/c1-3-5-9-16(10-6-4-2)13(12-15)14-8-7-11-17-14/h13-14H,3-12,15H2,1-2H3. The van der Waals surface area contributed by atoms with Gasteiger partial charge < -0.3 is 10.5 Å². The average molecular weight is 242 g/mol. The highest BCUT2D eigenvalue weighted by Crippen LogP contribution is 2.20. The van der Waals surface area contributed by atoms with Gasteiger partial charge in [0.1, 0.15) is 0 Å². The molecule has 17 heavy (non-hydrogen) atoms. The molecule has 3 nitrogen and oxygen atoms in total. The van der Waals surface area contributed by atoms with Gasteiger partial charge >= 0.3 is 0 Å². The summed E-state index contributed by atoms with van der Waals surface area (Å²) in [4.78, 5) is 2.57. The Bertz CT molecular complexity index is 173. The first-order valence-corrected chi connectivity index (χ1v) is 7.39. The molecule has 0 aromatic carbocycles. The molecule has 2 unspecified atom stereocenters. The van der Waals surface area contributed by atoms with Crippen molar-refractivity contribution in [1.29, 1.82) is 0 Å². The van der Waals surface area contributed by atoms with Crippen molar-refractivity contribution in [3.63, 3.8) is 0 Å². The number of nitrogens with zero attached hydrogens (tertiary/aromatic N) is 1. The third kappa shape index (κ3) is 4.94. The first-order valence-electron chi connectivity index (χ1n) is 7.39. The monoisotopic (exact) mass is 242 g/mol. The summed E-state index contributed by atoms with van der Waals surface area (Å²) in [5.74, 6) is 0. The van der Waals surface area contributed by atoms with Crippen LogP contribution in [-0.2, 0) is 4.74 Å². The Morgan fingerprint density at radius 2 is 1.88 bits per heavy atom. The van der Waals surface area contributed by atoms with Gasteiger partial charge in [-0.2, -0.15) is 0 Å². The smallest absolute Gasteiger partial charge is 0.0743 e. The van der Waals surface area contributed by atoms with Gasteiger partial charge in [-0.25, -0.2) is 0 Å². The van der Waals surface area contributed by atoms with E-state index in [-0.39, 0.29) is 0 Å². The third-order valence-electron chi connectivity index (χ3n) is 3.70. The molecular weight excluding hydrogens is 212 g/mol. The van der Waals surface area contributed by atoms with Crippen LogP contribution >= 0.6 is 0 Å². The third-order valence-corrected chi connectivity index (χ3v) is 3.70. The second-order valence-corrected chi connectivity index (χ2v) is 5.10.